The van der Waals surface area contributed by atoms with Crippen LogP contribution in [0.2, 0.25) is 10.0 Å². The molecule has 2 rings (SSSR count). The Bertz CT molecular complexity index is 428. The van der Waals surface area contributed by atoms with Crippen molar-refractivity contribution >= 4 is 23.2 Å². The van der Waals surface area contributed by atoms with Gasteiger partial charge >= 0.3 is 0 Å². The quantitative estimate of drug-likeness (QED) is 0.843. The van der Waals surface area contributed by atoms with Gasteiger partial charge in [-0.3, -0.25) is 0 Å². The van der Waals surface area contributed by atoms with Gasteiger partial charge in [-0.1, -0.05) is 41.8 Å². The minimum atomic E-state index is -1.26. The standard InChI is InChI=1S/C15H20Cl2FN/c1-15(18,10-12-6-2-3-8-19-12)9-11-5-4-7-13(16)14(11)17/h4-5,7,12,19H,2-3,6,8-10H2,1H3. The van der Waals surface area contributed by atoms with Crippen molar-refractivity contribution in [3.63, 3.8) is 0 Å². The van der Waals surface area contributed by atoms with Crippen molar-refractivity contribution in [2.24, 2.45) is 0 Å². The fourth-order valence-corrected chi connectivity index (χ4v) is 3.15. The summed E-state index contributed by atoms with van der Waals surface area (Å²) < 4.78 is 14.7. The summed E-state index contributed by atoms with van der Waals surface area (Å²) in [4.78, 5) is 0. The normalized spacial score (nSPS) is 23.1. The molecule has 0 aliphatic carbocycles. The van der Waals surface area contributed by atoms with Crippen LogP contribution in [0.25, 0.3) is 0 Å². The van der Waals surface area contributed by atoms with Crippen LogP contribution in [-0.4, -0.2) is 18.3 Å². The average molecular weight is 304 g/mol. The molecule has 0 bridgehead atoms. The summed E-state index contributed by atoms with van der Waals surface area (Å²) in [6, 6.07) is 5.67. The smallest absolute Gasteiger partial charge is 0.113 e. The van der Waals surface area contributed by atoms with Crippen LogP contribution in [0, 0.1) is 0 Å². The number of alkyl halides is 1. The fraction of sp³-hybridized carbons (Fsp3) is 0.600. The molecule has 1 saturated heterocycles. The van der Waals surface area contributed by atoms with Gasteiger partial charge in [-0.25, -0.2) is 4.39 Å². The molecule has 0 saturated carbocycles. The number of rotatable bonds is 4. The van der Waals surface area contributed by atoms with Crippen LogP contribution in [-0.2, 0) is 6.42 Å². The molecule has 0 aromatic heterocycles. The number of halogens is 3. The average Bonchev–Trinajstić information content (AvgIpc) is 2.35. The minimum Gasteiger partial charge on any atom is -0.314 e. The largest absolute Gasteiger partial charge is 0.314 e. The lowest BCUT2D eigenvalue weighted by atomic mass is 9.88. The minimum absolute atomic E-state index is 0.279. The van der Waals surface area contributed by atoms with Crippen LogP contribution >= 0.6 is 23.2 Å². The summed E-state index contributed by atoms with van der Waals surface area (Å²) in [5.41, 5.74) is -0.474. The van der Waals surface area contributed by atoms with Crippen LogP contribution < -0.4 is 5.32 Å². The van der Waals surface area contributed by atoms with E-state index in [1.54, 1.807) is 13.0 Å². The van der Waals surface area contributed by atoms with E-state index in [0.717, 1.165) is 18.5 Å². The van der Waals surface area contributed by atoms with E-state index in [1.165, 1.54) is 12.8 Å². The third-order valence-electron chi connectivity index (χ3n) is 3.68. The molecule has 0 spiro atoms. The van der Waals surface area contributed by atoms with Gasteiger partial charge in [0, 0.05) is 12.5 Å². The number of hydrogen-bond acceptors (Lipinski definition) is 1. The highest BCUT2D eigenvalue weighted by molar-refractivity contribution is 6.42. The van der Waals surface area contributed by atoms with E-state index < -0.39 is 5.67 Å². The first-order valence-electron chi connectivity index (χ1n) is 6.83. The van der Waals surface area contributed by atoms with Gasteiger partial charge in [0.1, 0.15) is 5.67 Å². The Balaban J connectivity index is 2.01. The lowest BCUT2D eigenvalue weighted by Gasteiger charge is -2.30. The third kappa shape index (κ3) is 4.34. The molecule has 1 aliphatic rings. The van der Waals surface area contributed by atoms with Crippen molar-refractivity contribution in [2.45, 2.75) is 50.7 Å². The summed E-state index contributed by atoms with van der Waals surface area (Å²) in [5.74, 6) is 0. The molecule has 106 valence electrons. The predicted octanol–water partition coefficient (Wildman–Crippen LogP) is 4.80. The van der Waals surface area contributed by atoms with Crippen molar-refractivity contribution in [2.75, 3.05) is 6.54 Å². The van der Waals surface area contributed by atoms with Gasteiger partial charge in [-0.15, -0.1) is 0 Å². The Morgan fingerprint density at radius 2 is 2.16 bits per heavy atom. The van der Waals surface area contributed by atoms with Crippen LogP contribution in [0.15, 0.2) is 18.2 Å². The maximum atomic E-state index is 14.7. The zero-order valence-electron chi connectivity index (χ0n) is 11.2. The summed E-state index contributed by atoms with van der Waals surface area (Å²) in [6.45, 7) is 2.65. The van der Waals surface area contributed by atoms with E-state index in [-0.39, 0.29) is 6.04 Å². The predicted molar refractivity (Wildman–Crippen MR) is 79.9 cm³/mol. The first kappa shape index (κ1) is 15.1. The molecule has 2 atom stereocenters. The van der Waals surface area contributed by atoms with Crippen LogP contribution in [0.4, 0.5) is 4.39 Å². The summed E-state index contributed by atoms with van der Waals surface area (Å²) in [7, 11) is 0. The second kappa shape index (κ2) is 6.43. The van der Waals surface area contributed by atoms with Gasteiger partial charge in [-0.05, 0) is 44.4 Å². The van der Waals surface area contributed by atoms with Crippen molar-refractivity contribution in [3.05, 3.63) is 33.8 Å². The van der Waals surface area contributed by atoms with Crippen LogP contribution in [0.1, 0.15) is 38.2 Å². The molecule has 0 amide bonds. The van der Waals surface area contributed by atoms with Crippen molar-refractivity contribution in [1.82, 2.24) is 5.32 Å². The highest BCUT2D eigenvalue weighted by atomic mass is 35.5. The van der Waals surface area contributed by atoms with E-state index in [9.17, 15) is 4.39 Å². The maximum absolute atomic E-state index is 14.7. The highest BCUT2D eigenvalue weighted by Crippen LogP contribution is 2.32. The van der Waals surface area contributed by atoms with Crippen molar-refractivity contribution < 1.29 is 4.39 Å². The molecule has 19 heavy (non-hydrogen) atoms. The van der Waals surface area contributed by atoms with E-state index in [4.69, 9.17) is 23.2 Å². The van der Waals surface area contributed by atoms with Gasteiger partial charge in [0.05, 0.1) is 10.0 Å². The summed E-state index contributed by atoms with van der Waals surface area (Å²) in [5, 5.41) is 4.36. The molecule has 1 aliphatic heterocycles. The van der Waals surface area contributed by atoms with Crippen LogP contribution in [0.5, 0.6) is 0 Å². The zero-order chi connectivity index (χ0) is 13.9. The lowest BCUT2D eigenvalue weighted by Crippen LogP contribution is -2.40. The Morgan fingerprint density at radius 1 is 1.37 bits per heavy atom. The van der Waals surface area contributed by atoms with Gasteiger partial charge in [0.25, 0.3) is 0 Å². The molecule has 1 fully saturated rings. The van der Waals surface area contributed by atoms with Gasteiger partial charge in [0.15, 0.2) is 0 Å². The number of nitrogens with one attached hydrogen (secondary N) is 1. The Hall–Kier alpha value is -0.310. The Morgan fingerprint density at radius 3 is 2.84 bits per heavy atom. The molecule has 1 heterocycles. The summed E-state index contributed by atoms with van der Waals surface area (Å²) >= 11 is 12.1. The molecule has 1 aromatic rings. The molecule has 1 nitrogen and oxygen atoms in total. The molecule has 1 aromatic carbocycles. The molecule has 1 N–H and O–H groups in total. The van der Waals surface area contributed by atoms with E-state index >= 15 is 0 Å². The van der Waals surface area contributed by atoms with Gasteiger partial charge < -0.3 is 5.32 Å². The molecule has 2 unspecified atom stereocenters. The SMILES string of the molecule is CC(F)(Cc1cccc(Cl)c1Cl)CC1CCCCN1. The highest BCUT2D eigenvalue weighted by Gasteiger charge is 2.29. The second-order valence-corrected chi connectivity index (χ2v) is 6.44. The van der Waals surface area contributed by atoms with E-state index in [0.29, 0.717) is 22.9 Å². The molecule has 0 radical (unpaired) electrons. The Labute approximate surface area is 124 Å². The van der Waals surface area contributed by atoms with Crippen LogP contribution in [0.3, 0.4) is 0 Å². The zero-order valence-corrected chi connectivity index (χ0v) is 12.7. The Kier molecular flexibility index (Phi) is 5.10. The lowest BCUT2D eigenvalue weighted by molar-refractivity contribution is 0.146. The maximum Gasteiger partial charge on any atom is 0.113 e. The van der Waals surface area contributed by atoms with E-state index in [1.807, 2.05) is 12.1 Å². The first-order chi connectivity index (χ1) is 8.98. The second-order valence-electron chi connectivity index (χ2n) is 5.65. The number of hydrogen-bond donors (Lipinski definition) is 1. The number of piperidine rings is 1. The van der Waals surface area contributed by atoms with Crippen molar-refractivity contribution in [1.29, 1.82) is 0 Å². The molecular weight excluding hydrogens is 284 g/mol. The van der Waals surface area contributed by atoms with Crippen molar-refractivity contribution in [3.8, 4) is 0 Å². The topological polar surface area (TPSA) is 12.0 Å². The monoisotopic (exact) mass is 303 g/mol. The number of benzene rings is 1. The summed E-state index contributed by atoms with van der Waals surface area (Å²) in [6.07, 6.45) is 4.27. The van der Waals surface area contributed by atoms with Gasteiger partial charge in [-0.2, -0.15) is 0 Å². The van der Waals surface area contributed by atoms with E-state index in [2.05, 4.69) is 5.32 Å². The fourth-order valence-electron chi connectivity index (χ4n) is 2.77. The molecular formula is C15H20Cl2FN. The van der Waals surface area contributed by atoms with Gasteiger partial charge in [0.2, 0.25) is 0 Å². The molecule has 4 heteroatoms. The first-order valence-corrected chi connectivity index (χ1v) is 7.59. The third-order valence-corrected chi connectivity index (χ3v) is 4.53.